The smallest absolute Gasteiger partial charge is 0.178 e. The zero-order chi connectivity index (χ0) is 15.1. The average Bonchev–Trinajstić information content (AvgIpc) is 2.88. The van der Waals surface area contributed by atoms with Gasteiger partial charge in [0.1, 0.15) is 5.75 Å². The Balaban J connectivity index is 1.86. The van der Waals surface area contributed by atoms with Crippen LogP contribution >= 0.6 is 0 Å². The Morgan fingerprint density at radius 3 is 3.14 bits per heavy atom. The van der Waals surface area contributed by atoms with Gasteiger partial charge in [0.15, 0.2) is 11.9 Å². The largest absolute Gasteiger partial charge is 0.481 e. The van der Waals surface area contributed by atoms with Gasteiger partial charge in [0.05, 0.1) is 12.0 Å². The fraction of sp³-hybridized carbons (Fsp3) is 0.500. The first-order valence-electron chi connectivity index (χ1n) is 8.03. The van der Waals surface area contributed by atoms with Crippen molar-refractivity contribution in [3.63, 3.8) is 0 Å². The van der Waals surface area contributed by atoms with Crippen molar-refractivity contribution in [3.8, 4) is 5.75 Å². The summed E-state index contributed by atoms with van der Waals surface area (Å²) in [6, 6.07) is 4.46. The third kappa shape index (κ3) is 1.25. The minimum absolute atomic E-state index is 0.0397. The van der Waals surface area contributed by atoms with Crippen LogP contribution in [0.15, 0.2) is 23.8 Å². The van der Waals surface area contributed by atoms with Crippen LogP contribution < -0.4 is 4.74 Å². The van der Waals surface area contributed by atoms with E-state index in [0.717, 1.165) is 30.7 Å². The molecule has 4 heteroatoms. The molecule has 1 aromatic carbocycles. The lowest BCUT2D eigenvalue weighted by Crippen LogP contribution is -2.60. The topological polar surface area (TPSA) is 49.8 Å². The van der Waals surface area contributed by atoms with Gasteiger partial charge in [-0.25, -0.2) is 0 Å². The second-order valence-electron chi connectivity index (χ2n) is 7.00. The molecular weight excluding hydrogens is 278 g/mol. The Morgan fingerprint density at radius 1 is 1.45 bits per heavy atom. The van der Waals surface area contributed by atoms with Crippen molar-refractivity contribution in [2.45, 2.75) is 43.4 Å². The van der Waals surface area contributed by atoms with E-state index in [1.165, 1.54) is 16.7 Å². The van der Waals surface area contributed by atoms with Crippen LogP contribution in [-0.2, 0) is 23.2 Å². The van der Waals surface area contributed by atoms with E-state index in [4.69, 9.17) is 4.74 Å². The number of rotatable bonds is 1. The predicted molar refractivity (Wildman–Crippen MR) is 80.9 cm³/mol. The number of likely N-dealkylation sites (N-methyl/N-ethyl adjacent to an activating group) is 1. The Morgan fingerprint density at radius 2 is 2.32 bits per heavy atom. The number of carbonyl (C=O) groups excluding carboxylic acids is 1. The monoisotopic (exact) mass is 297 g/mol. The van der Waals surface area contributed by atoms with E-state index in [-0.39, 0.29) is 23.9 Å². The number of benzene rings is 1. The molecule has 1 fully saturated rings. The van der Waals surface area contributed by atoms with E-state index < -0.39 is 0 Å². The standard InChI is InChI=1S/C18H19NO3/c1-19-7-6-18-12-4-5-14(21)17(18)22-16-11(9-20)3-2-10(15(16)18)8-13(12)19/h2-4,13,17,20H,5-9H2,1H3/t13?,17-,18-/m0/s1. The van der Waals surface area contributed by atoms with Gasteiger partial charge in [-0.1, -0.05) is 18.2 Å². The zero-order valence-electron chi connectivity index (χ0n) is 12.6. The minimum atomic E-state index is -0.384. The number of aliphatic hydroxyl groups excluding tert-OH is 1. The zero-order valence-corrected chi connectivity index (χ0v) is 12.6. The third-order valence-corrected chi connectivity index (χ3v) is 6.12. The van der Waals surface area contributed by atoms with Crippen LogP contribution in [0.3, 0.4) is 0 Å². The quantitative estimate of drug-likeness (QED) is 0.795. The van der Waals surface area contributed by atoms with E-state index >= 15 is 0 Å². The van der Waals surface area contributed by atoms with Crippen molar-refractivity contribution in [1.29, 1.82) is 0 Å². The molecule has 1 spiro atoms. The molecule has 0 saturated carbocycles. The van der Waals surface area contributed by atoms with Gasteiger partial charge in [0.25, 0.3) is 0 Å². The predicted octanol–water partition coefficient (Wildman–Crippen LogP) is 1.34. The number of nitrogens with zero attached hydrogens (tertiary/aromatic N) is 1. The van der Waals surface area contributed by atoms with Crippen LogP contribution in [0, 0.1) is 0 Å². The molecule has 3 atom stereocenters. The van der Waals surface area contributed by atoms with E-state index in [2.05, 4.69) is 24.1 Å². The lowest BCUT2D eigenvalue weighted by molar-refractivity contribution is -0.128. The SMILES string of the molecule is CN1CC[C@@]23C4=CCC(=O)[C@@H]2Oc2c(CO)ccc(c23)CC41. The number of hydrogen-bond acceptors (Lipinski definition) is 4. The van der Waals surface area contributed by atoms with Crippen molar-refractivity contribution in [2.24, 2.45) is 0 Å². The van der Waals surface area contributed by atoms with E-state index in [1.807, 2.05) is 6.07 Å². The molecular formula is C18H19NO3. The molecule has 114 valence electrons. The summed E-state index contributed by atoms with van der Waals surface area (Å²) in [4.78, 5) is 15.0. The summed E-state index contributed by atoms with van der Waals surface area (Å²) < 4.78 is 6.18. The average molecular weight is 297 g/mol. The molecule has 0 aromatic heterocycles. The molecule has 2 aliphatic heterocycles. The van der Waals surface area contributed by atoms with Crippen LogP contribution in [0.1, 0.15) is 29.5 Å². The first-order valence-corrected chi connectivity index (χ1v) is 8.03. The van der Waals surface area contributed by atoms with Gasteiger partial charge in [-0.3, -0.25) is 9.69 Å². The van der Waals surface area contributed by atoms with Crippen molar-refractivity contribution < 1.29 is 14.6 Å². The summed E-state index contributed by atoms with van der Waals surface area (Å²) in [6.07, 6.45) is 4.15. The van der Waals surface area contributed by atoms with E-state index in [1.54, 1.807) is 0 Å². The van der Waals surface area contributed by atoms with Gasteiger partial charge >= 0.3 is 0 Å². The molecule has 2 aliphatic carbocycles. The first kappa shape index (κ1) is 12.9. The van der Waals surface area contributed by atoms with Crippen molar-refractivity contribution in [1.82, 2.24) is 4.90 Å². The minimum Gasteiger partial charge on any atom is -0.481 e. The summed E-state index contributed by atoms with van der Waals surface area (Å²) >= 11 is 0. The highest BCUT2D eigenvalue weighted by molar-refractivity contribution is 5.92. The maximum absolute atomic E-state index is 12.6. The highest BCUT2D eigenvalue weighted by Crippen LogP contribution is 2.60. The summed E-state index contributed by atoms with van der Waals surface area (Å²) in [5.74, 6) is 0.967. The Kier molecular flexibility index (Phi) is 2.34. The van der Waals surface area contributed by atoms with Crippen molar-refractivity contribution in [3.05, 3.63) is 40.5 Å². The number of likely N-dealkylation sites (tertiary alicyclic amines) is 1. The lowest BCUT2D eigenvalue weighted by Gasteiger charge is -2.52. The van der Waals surface area contributed by atoms with Gasteiger partial charge in [-0.2, -0.15) is 0 Å². The number of allylic oxidation sites excluding steroid dienone is 1. The number of aliphatic hydroxyl groups is 1. The number of ether oxygens (including phenoxy) is 1. The molecule has 2 bridgehead atoms. The molecule has 1 unspecified atom stereocenters. The second kappa shape index (κ2) is 4.00. The summed E-state index contributed by atoms with van der Waals surface area (Å²) in [6.45, 7) is 0.944. The summed E-state index contributed by atoms with van der Waals surface area (Å²) in [7, 11) is 2.17. The third-order valence-electron chi connectivity index (χ3n) is 6.12. The molecule has 0 radical (unpaired) electrons. The van der Waals surface area contributed by atoms with Gasteiger partial charge in [-0.15, -0.1) is 0 Å². The maximum Gasteiger partial charge on any atom is 0.178 e. The molecule has 1 saturated heterocycles. The Hall–Kier alpha value is -1.65. The molecule has 1 aromatic rings. The van der Waals surface area contributed by atoms with E-state index in [9.17, 15) is 9.90 Å². The van der Waals surface area contributed by atoms with Crippen LogP contribution in [0.4, 0.5) is 0 Å². The van der Waals surface area contributed by atoms with Gasteiger partial charge in [0.2, 0.25) is 0 Å². The molecule has 4 nitrogen and oxygen atoms in total. The van der Waals surface area contributed by atoms with Crippen molar-refractivity contribution >= 4 is 5.78 Å². The number of piperidine rings is 1. The lowest BCUT2D eigenvalue weighted by atomic mass is 9.56. The van der Waals surface area contributed by atoms with E-state index in [0.29, 0.717) is 12.5 Å². The number of ketones is 1. The molecule has 5 rings (SSSR count). The van der Waals surface area contributed by atoms with Crippen LogP contribution in [-0.4, -0.2) is 41.5 Å². The fourth-order valence-electron chi connectivity index (χ4n) is 5.12. The number of carbonyl (C=O) groups is 1. The second-order valence-corrected chi connectivity index (χ2v) is 7.00. The van der Waals surface area contributed by atoms with Crippen molar-refractivity contribution in [2.75, 3.05) is 13.6 Å². The highest BCUT2D eigenvalue weighted by atomic mass is 16.5. The van der Waals surface area contributed by atoms with Crippen LogP contribution in [0.5, 0.6) is 5.75 Å². The molecule has 1 N–H and O–H groups in total. The van der Waals surface area contributed by atoms with Crippen LogP contribution in [0.25, 0.3) is 0 Å². The number of hydrogen-bond donors (Lipinski definition) is 1. The highest BCUT2D eigenvalue weighted by Gasteiger charge is 2.62. The molecule has 0 amide bonds. The van der Waals surface area contributed by atoms with Gasteiger partial charge < -0.3 is 9.84 Å². The molecule has 2 heterocycles. The molecule has 22 heavy (non-hydrogen) atoms. The van der Waals surface area contributed by atoms with Crippen LogP contribution in [0.2, 0.25) is 0 Å². The normalized spacial score (nSPS) is 35.0. The Labute approximate surface area is 129 Å². The summed E-state index contributed by atoms with van der Waals surface area (Å²) in [5, 5.41) is 9.65. The first-order chi connectivity index (χ1) is 10.7. The van der Waals surface area contributed by atoms with Gasteiger partial charge in [0, 0.05) is 23.6 Å². The number of Topliss-reactive ketones (excluding diaryl/α,β-unsaturated/α-hetero) is 1. The maximum atomic E-state index is 12.6. The van der Waals surface area contributed by atoms with Gasteiger partial charge in [-0.05, 0) is 37.6 Å². The summed E-state index contributed by atoms with van der Waals surface area (Å²) in [5.41, 5.74) is 4.42. The molecule has 4 aliphatic rings. The Bertz CT molecular complexity index is 738. The fourth-order valence-corrected chi connectivity index (χ4v) is 5.12.